The molecule has 2 saturated heterocycles. The number of hydrogen-bond donors (Lipinski definition) is 1. The highest BCUT2D eigenvalue weighted by Gasteiger charge is 2.30. The minimum absolute atomic E-state index is 0.130. The maximum atomic E-state index is 12.5. The summed E-state index contributed by atoms with van der Waals surface area (Å²) in [6.07, 6.45) is 8.71. The molecule has 0 bridgehead atoms. The lowest BCUT2D eigenvalue weighted by molar-refractivity contribution is -0.142. The van der Waals surface area contributed by atoms with Gasteiger partial charge in [0.2, 0.25) is 0 Å². The van der Waals surface area contributed by atoms with Crippen LogP contribution >= 0.6 is 0 Å². The number of aliphatic imine (C=N–C) groups is 1. The molecule has 4 rings (SSSR count). The molecule has 1 amide bonds. The van der Waals surface area contributed by atoms with Gasteiger partial charge in [-0.2, -0.15) is 0 Å². The first kappa shape index (κ1) is 19.4. The molecule has 0 spiro atoms. The summed E-state index contributed by atoms with van der Waals surface area (Å²) in [7, 11) is 1.78. The minimum Gasteiger partial charge on any atom is -0.368 e. The number of piperazine rings is 1. The Balaban J connectivity index is 1.34. The van der Waals surface area contributed by atoms with Gasteiger partial charge in [-0.05, 0) is 18.9 Å². The summed E-state index contributed by atoms with van der Waals surface area (Å²) in [6.45, 7) is 4.17. The molecule has 1 unspecified atom stereocenters. The van der Waals surface area contributed by atoms with Crippen molar-refractivity contribution in [2.45, 2.75) is 25.5 Å². The molecule has 0 saturated carbocycles. The minimum atomic E-state index is -0.244. The first-order valence-corrected chi connectivity index (χ1v) is 10.0. The van der Waals surface area contributed by atoms with E-state index in [2.05, 4.69) is 25.2 Å². The van der Waals surface area contributed by atoms with Crippen molar-refractivity contribution in [2.24, 2.45) is 4.99 Å². The predicted octanol–water partition coefficient (Wildman–Crippen LogP) is 0.666. The van der Waals surface area contributed by atoms with Gasteiger partial charge in [-0.25, -0.2) is 9.97 Å². The van der Waals surface area contributed by atoms with E-state index in [1.807, 2.05) is 27.8 Å². The third-order valence-corrected chi connectivity index (χ3v) is 5.36. The largest absolute Gasteiger partial charge is 0.368 e. The van der Waals surface area contributed by atoms with Gasteiger partial charge < -0.3 is 19.9 Å². The van der Waals surface area contributed by atoms with Crippen LogP contribution in [0.2, 0.25) is 0 Å². The zero-order valence-electron chi connectivity index (χ0n) is 16.7. The number of nitrogens with one attached hydrogen (secondary N) is 1. The zero-order valence-corrected chi connectivity index (χ0v) is 16.7. The van der Waals surface area contributed by atoms with Crippen LogP contribution in [0.3, 0.4) is 0 Å². The molecule has 29 heavy (non-hydrogen) atoms. The van der Waals surface area contributed by atoms with Crippen molar-refractivity contribution in [3.05, 3.63) is 42.6 Å². The Labute approximate surface area is 170 Å². The van der Waals surface area contributed by atoms with Gasteiger partial charge in [0.25, 0.3) is 5.91 Å². The topological polar surface area (TPSA) is 87.9 Å². The lowest BCUT2D eigenvalue weighted by atomic mass is 10.2. The Morgan fingerprint density at radius 3 is 2.79 bits per heavy atom. The highest BCUT2D eigenvalue weighted by molar-refractivity contribution is 5.82. The van der Waals surface area contributed by atoms with Gasteiger partial charge in [-0.1, -0.05) is 6.07 Å². The number of imidazole rings is 1. The molecule has 2 aromatic rings. The number of aromatic nitrogens is 3. The Hall–Kier alpha value is -2.94. The quantitative estimate of drug-likeness (QED) is 0.603. The molecule has 2 aliphatic heterocycles. The highest BCUT2D eigenvalue weighted by atomic mass is 16.5. The van der Waals surface area contributed by atoms with Gasteiger partial charge in [0.15, 0.2) is 5.96 Å². The third kappa shape index (κ3) is 4.40. The van der Waals surface area contributed by atoms with E-state index >= 15 is 0 Å². The van der Waals surface area contributed by atoms with E-state index in [4.69, 9.17) is 4.74 Å². The molecule has 4 heterocycles. The maximum absolute atomic E-state index is 12.5. The summed E-state index contributed by atoms with van der Waals surface area (Å²) in [5, 5.41) is 3.43. The van der Waals surface area contributed by atoms with Crippen LogP contribution in [-0.2, 0) is 16.1 Å². The number of guanidine groups is 1. The first-order valence-electron chi connectivity index (χ1n) is 10.0. The highest BCUT2D eigenvalue weighted by Crippen LogP contribution is 2.16. The smallest absolute Gasteiger partial charge is 0.251 e. The molecule has 0 aliphatic carbocycles. The Morgan fingerprint density at radius 2 is 2.10 bits per heavy atom. The van der Waals surface area contributed by atoms with Crippen LogP contribution in [0.25, 0.3) is 5.82 Å². The lowest BCUT2D eigenvalue weighted by Crippen LogP contribution is -2.55. The summed E-state index contributed by atoms with van der Waals surface area (Å²) in [6, 6.07) is 3.97. The number of ether oxygens (including phenoxy) is 1. The average Bonchev–Trinajstić information content (AvgIpc) is 3.49. The standard InChI is InChI=1S/C20H27N7O2/c1-21-20(24-14-16-4-2-6-23-18(16)27-8-7-22-15-27)26-11-9-25(10-12-26)19(28)17-5-3-13-29-17/h2,4,6-8,15,17H,3,5,9-14H2,1H3,(H,21,24). The molecular formula is C20H27N7O2. The second-order valence-electron chi connectivity index (χ2n) is 7.17. The van der Waals surface area contributed by atoms with E-state index in [0.29, 0.717) is 26.2 Å². The van der Waals surface area contributed by atoms with Crippen LogP contribution in [-0.4, -0.2) is 82.1 Å². The molecule has 9 heteroatoms. The van der Waals surface area contributed by atoms with E-state index in [1.165, 1.54) is 0 Å². The van der Waals surface area contributed by atoms with E-state index in [9.17, 15) is 4.79 Å². The number of pyridine rings is 1. The van der Waals surface area contributed by atoms with Crippen molar-refractivity contribution in [3.8, 4) is 5.82 Å². The van der Waals surface area contributed by atoms with Gasteiger partial charge in [-0.15, -0.1) is 0 Å². The second-order valence-corrected chi connectivity index (χ2v) is 7.17. The summed E-state index contributed by atoms with van der Waals surface area (Å²) < 4.78 is 7.44. The molecule has 2 fully saturated rings. The van der Waals surface area contributed by atoms with Crippen LogP contribution < -0.4 is 5.32 Å². The SMILES string of the molecule is CN=C(NCc1cccnc1-n1ccnc1)N1CCN(C(=O)C2CCCO2)CC1. The summed E-state index contributed by atoms with van der Waals surface area (Å²) in [5.74, 6) is 1.81. The van der Waals surface area contributed by atoms with Gasteiger partial charge in [0.1, 0.15) is 18.2 Å². The Morgan fingerprint density at radius 1 is 1.28 bits per heavy atom. The number of rotatable bonds is 4. The molecule has 2 aliphatic rings. The first-order chi connectivity index (χ1) is 14.3. The lowest BCUT2D eigenvalue weighted by Gasteiger charge is -2.37. The van der Waals surface area contributed by atoms with Gasteiger partial charge in [0.05, 0.1) is 0 Å². The van der Waals surface area contributed by atoms with Crippen LogP contribution in [0.15, 0.2) is 42.0 Å². The van der Waals surface area contributed by atoms with E-state index < -0.39 is 0 Å². The van der Waals surface area contributed by atoms with Crippen LogP contribution in [0, 0.1) is 0 Å². The average molecular weight is 397 g/mol. The molecule has 0 radical (unpaired) electrons. The van der Waals surface area contributed by atoms with Crippen molar-refractivity contribution in [3.63, 3.8) is 0 Å². The molecule has 2 aromatic heterocycles. The van der Waals surface area contributed by atoms with Gasteiger partial charge >= 0.3 is 0 Å². The number of carbonyl (C=O) groups excluding carboxylic acids is 1. The monoisotopic (exact) mass is 397 g/mol. The molecule has 0 aromatic carbocycles. The normalized spacial score (nSPS) is 20.2. The third-order valence-electron chi connectivity index (χ3n) is 5.36. The number of carbonyl (C=O) groups is 1. The molecule has 1 atom stereocenters. The van der Waals surface area contributed by atoms with Crippen molar-refractivity contribution in [1.82, 2.24) is 29.7 Å². The summed E-state index contributed by atoms with van der Waals surface area (Å²) in [4.78, 5) is 29.6. The van der Waals surface area contributed by atoms with Crippen molar-refractivity contribution in [2.75, 3.05) is 39.8 Å². The van der Waals surface area contributed by atoms with Crippen molar-refractivity contribution >= 4 is 11.9 Å². The number of hydrogen-bond acceptors (Lipinski definition) is 5. The molecule has 1 N–H and O–H groups in total. The van der Waals surface area contributed by atoms with Crippen molar-refractivity contribution < 1.29 is 9.53 Å². The molecule has 9 nitrogen and oxygen atoms in total. The molecular weight excluding hydrogens is 370 g/mol. The van der Waals surface area contributed by atoms with E-state index in [0.717, 1.165) is 43.3 Å². The van der Waals surface area contributed by atoms with E-state index in [-0.39, 0.29) is 12.0 Å². The fraction of sp³-hybridized carbons (Fsp3) is 0.500. The fourth-order valence-electron chi connectivity index (χ4n) is 3.81. The summed E-state index contributed by atoms with van der Waals surface area (Å²) >= 11 is 0. The number of amides is 1. The van der Waals surface area contributed by atoms with E-state index in [1.54, 1.807) is 25.8 Å². The summed E-state index contributed by atoms with van der Waals surface area (Å²) in [5.41, 5.74) is 1.05. The van der Waals surface area contributed by atoms with Crippen LogP contribution in [0.1, 0.15) is 18.4 Å². The maximum Gasteiger partial charge on any atom is 0.251 e. The molecule has 154 valence electrons. The van der Waals surface area contributed by atoms with Crippen LogP contribution in [0.5, 0.6) is 0 Å². The van der Waals surface area contributed by atoms with Gasteiger partial charge in [0, 0.05) is 70.5 Å². The van der Waals surface area contributed by atoms with Crippen molar-refractivity contribution in [1.29, 1.82) is 0 Å². The number of nitrogens with zero attached hydrogens (tertiary/aromatic N) is 6. The Bertz CT molecular complexity index is 838. The van der Waals surface area contributed by atoms with Crippen LogP contribution in [0.4, 0.5) is 0 Å². The van der Waals surface area contributed by atoms with Gasteiger partial charge in [-0.3, -0.25) is 14.4 Å². The Kier molecular flexibility index (Phi) is 6.04. The second kappa shape index (κ2) is 9.04. The predicted molar refractivity (Wildman–Crippen MR) is 109 cm³/mol. The fourth-order valence-corrected chi connectivity index (χ4v) is 3.81. The zero-order chi connectivity index (χ0) is 20.1.